The van der Waals surface area contributed by atoms with Crippen molar-refractivity contribution in [2.45, 2.75) is 6.42 Å². The normalized spacial score (nSPS) is 10.4. The first-order valence-corrected chi connectivity index (χ1v) is 6.56. The zero-order chi connectivity index (χ0) is 11.4. The molecule has 3 heteroatoms. The minimum atomic E-state index is 0.761. The number of hydrogen-bond acceptors (Lipinski definition) is 1. The van der Waals surface area contributed by atoms with Crippen LogP contribution in [-0.2, 0) is 6.42 Å². The van der Waals surface area contributed by atoms with Crippen LogP contribution in [0.1, 0.15) is 5.56 Å². The zero-order valence-electron chi connectivity index (χ0n) is 8.66. The van der Waals surface area contributed by atoms with Gasteiger partial charge >= 0.3 is 0 Å². The number of aromatic nitrogens is 1. The van der Waals surface area contributed by atoms with E-state index in [1.165, 1.54) is 11.1 Å². The lowest BCUT2D eigenvalue weighted by atomic mass is 10.00. The van der Waals surface area contributed by atoms with Gasteiger partial charge in [0.2, 0.25) is 0 Å². The molecule has 0 aliphatic rings. The van der Waals surface area contributed by atoms with Crippen molar-refractivity contribution in [1.29, 1.82) is 0 Å². The average molecular weight is 297 g/mol. The predicted octanol–water partition coefficient (Wildman–Crippen LogP) is 4.34. The second-order valence-electron chi connectivity index (χ2n) is 3.48. The van der Waals surface area contributed by atoms with Crippen LogP contribution in [0.5, 0.6) is 0 Å². The third-order valence-corrected chi connectivity index (χ3v) is 3.04. The molecule has 0 fully saturated rings. The highest BCUT2D eigenvalue weighted by molar-refractivity contribution is 9.09. The molecule has 0 aliphatic carbocycles. The van der Waals surface area contributed by atoms with Gasteiger partial charge in [-0.1, -0.05) is 39.7 Å². The van der Waals surface area contributed by atoms with Crippen molar-refractivity contribution in [3.05, 3.63) is 53.3 Å². The van der Waals surface area contributed by atoms with Crippen molar-refractivity contribution in [2.75, 3.05) is 5.33 Å². The Balaban J connectivity index is 2.49. The summed E-state index contributed by atoms with van der Waals surface area (Å²) in [6, 6.07) is 9.99. The van der Waals surface area contributed by atoms with Crippen molar-refractivity contribution in [3.63, 3.8) is 0 Å². The van der Waals surface area contributed by atoms with Gasteiger partial charge in [-0.25, -0.2) is 0 Å². The highest BCUT2D eigenvalue weighted by atomic mass is 79.9. The van der Waals surface area contributed by atoms with E-state index < -0.39 is 0 Å². The number of benzene rings is 1. The van der Waals surface area contributed by atoms with E-state index in [1.54, 1.807) is 6.20 Å². The maximum atomic E-state index is 6.03. The molecule has 2 aromatic rings. The summed E-state index contributed by atoms with van der Waals surface area (Å²) in [4.78, 5) is 4.14. The number of pyridine rings is 1. The van der Waals surface area contributed by atoms with Crippen LogP contribution in [0.25, 0.3) is 11.1 Å². The number of nitrogens with zero attached hydrogens (tertiary/aromatic N) is 1. The van der Waals surface area contributed by atoms with Gasteiger partial charge in [-0.3, -0.25) is 4.98 Å². The van der Waals surface area contributed by atoms with Crippen molar-refractivity contribution >= 4 is 27.5 Å². The molecule has 16 heavy (non-hydrogen) atoms. The van der Waals surface area contributed by atoms with Gasteiger partial charge in [0.15, 0.2) is 0 Å². The van der Waals surface area contributed by atoms with Gasteiger partial charge < -0.3 is 0 Å². The molecular formula is C13H11BrClN. The van der Waals surface area contributed by atoms with Gasteiger partial charge in [-0.2, -0.15) is 0 Å². The highest BCUT2D eigenvalue weighted by Crippen LogP contribution is 2.27. The van der Waals surface area contributed by atoms with Crippen molar-refractivity contribution in [1.82, 2.24) is 4.98 Å². The summed E-state index contributed by atoms with van der Waals surface area (Å²) in [6.07, 6.45) is 4.63. The Kier molecular flexibility index (Phi) is 3.97. The molecular weight excluding hydrogens is 286 g/mol. The number of aryl methyl sites for hydroxylation is 1. The second-order valence-corrected chi connectivity index (χ2v) is 4.71. The number of rotatable bonds is 3. The van der Waals surface area contributed by atoms with Crippen LogP contribution in [0.3, 0.4) is 0 Å². The van der Waals surface area contributed by atoms with Crippen LogP contribution >= 0.6 is 27.5 Å². The minimum Gasteiger partial charge on any atom is -0.264 e. The molecule has 1 nitrogen and oxygen atoms in total. The van der Waals surface area contributed by atoms with E-state index in [0.29, 0.717) is 0 Å². The molecule has 82 valence electrons. The van der Waals surface area contributed by atoms with E-state index >= 15 is 0 Å². The summed E-state index contributed by atoms with van der Waals surface area (Å²) in [5, 5.41) is 1.71. The fourth-order valence-corrected chi connectivity index (χ4v) is 2.26. The molecule has 0 amide bonds. The Labute approximate surface area is 109 Å². The Morgan fingerprint density at radius 3 is 2.81 bits per heavy atom. The van der Waals surface area contributed by atoms with Gasteiger partial charge in [0.25, 0.3) is 0 Å². The van der Waals surface area contributed by atoms with Crippen LogP contribution in [0.4, 0.5) is 0 Å². The molecule has 2 rings (SSSR count). The van der Waals surface area contributed by atoms with Gasteiger partial charge in [-0.05, 0) is 35.7 Å². The van der Waals surface area contributed by atoms with Crippen LogP contribution in [-0.4, -0.2) is 10.3 Å². The fourth-order valence-electron chi connectivity index (χ4n) is 1.66. The molecule has 0 N–H and O–H groups in total. The summed E-state index contributed by atoms with van der Waals surface area (Å²) in [7, 11) is 0. The molecule has 1 aromatic heterocycles. The van der Waals surface area contributed by atoms with Gasteiger partial charge in [-0.15, -0.1) is 0 Å². The van der Waals surface area contributed by atoms with Crippen molar-refractivity contribution in [2.24, 2.45) is 0 Å². The fraction of sp³-hybridized carbons (Fsp3) is 0.154. The largest absolute Gasteiger partial charge is 0.264 e. The SMILES string of the molecule is Clc1ccc(CCBr)c(-c2cccnc2)c1. The Morgan fingerprint density at radius 2 is 2.12 bits per heavy atom. The maximum absolute atomic E-state index is 6.03. The maximum Gasteiger partial charge on any atom is 0.0412 e. The quantitative estimate of drug-likeness (QED) is 0.768. The molecule has 0 bridgehead atoms. The highest BCUT2D eigenvalue weighted by Gasteiger charge is 2.05. The van der Waals surface area contributed by atoms with Gasteiger partial charge in [0.1, 0.15) is 0 Å². The standard InChI is InChI=1S/C13H11BrClN/c14-6-5-10-3-4-12(15)8-13(10)11-2-1-7-16-9-11/h1-4,7-9H,5-6H2. The number of alkyl halides is 1. The van der Waals surface area contributed by atoms with Crippen LogP contribution in [0.2, 0.25) is 5.02 Å². The van der Waals surface area contributed by atoms with Crippen LogP contribution < -0.4 is 0 Å². The molecule has 0 atom stereocenters. The first-order chi connectivity index (χ1) is 7.81. The topological polar surface area (TPSA) is 12.9 Å². The molecule has 1 aromatic carbocycles. The van der Waals surface area contributed by atoms with E-state index in [4.69, 9.17) is 11.6 Å². The van der Waals surface area contributed by atoms with Crippen molar-refractivity contribution in [3.8, 4) is 11.1 Å². The van der Waals surface area contributed by atoms with Gasteiger partial charge in [0.05, 0.1) is 0 Å². The lowest BCUT2D eigenvalue weighted by Crippen LogP contribution is -1.91. The lowest BCUT2D eigenvalue weighted by molar-refractivity contribution is 1.17. The summed E-state index contributed by atoms with van der Waals surface area (Å²) >= 11 is 9.50. The lowest BCUT2D eigenvalue weighted by Gasteiger charge is -2.08. The Hall–Kier alpha value is -0.860. The monoisotopic (exact) mass is 295 g/mol. The molecule has 0 aliphatic heterocycles. The Bertz CT molecular complexity index is 471. The first-order valence-electron chi connectivity index (χ1n) is 5.06. The molecule has 0 unspecified atom stereocenters. The first kappa shape index (κ1) is 11.6. The van der Waals surface area contributed by atoms with E-state index in [2.05, 4.69) is 33.0 Å². The smallest absolute Gasteiger partial charge is 0.0412 e. The molecule has 0 saturated carbocycles. The second kappa shape index (κ2) is 5.46. The summed E-state index contributed by atoms with van der Waals surface area (Å²) < 4.78 is 0. The van der Waals surface area contributed by atoms with E-state index in [0.717, 1.165) is 22.3 Å². The Morgan fingerprint density at radius 1 is 1.25 bits per heavy atom. The summed E-state index contributed by atoms with van der Waals surface area (Å²) in [5.41, 5.74) is 3.57. The third kappa shape index (κ3) is 2.63. The molecule has 0 spiro atoms. The van der Waals surface area contributed by atoms with Crippen LogP contribution in [0, 0.1) is 0 Å². The molecule has 0 radical (unpaired) electrons. The third-order valence-electron chi connectivity index (χ3n) is 2.41. The molecule has 1 heterocycles. The van der Waals surface area contributed by atoms with E-state index in [-0.39, 0.29) is 0 Å². The summed E-state index contributed by atoms with van der Waals surface area (Å²) in [6.45, 7) is 0. The molecule has 0 saturated heterocycles. The van der Waals surface area contributed by atoms with E-state index in [9.17, 15) is 0 Å². The average Bonchev–Trinajstić information content (AvgIpc) is 2.33. The van der Waals surface area contributed by atoms with Crippen LogP contribution in [0.15, 0.2) is 42.7 Å². The minimum absolute atomic E-state index is 0.761. The zero-order valence-corrected chi connectivity index (χ0v) is 11.0. The number of halogens is 2. The number of hydrogen-bond donors (Lipinski definition) is 0. The van der Waals surface area contributed by atoms with E-state index in [1.807, 2.05) is 24.4 Å². The summed E-state index contributed by atoms with van der Waals surface area (Å²) in [5.74, 6) is 0. The van der Waals surface area contributed by atoms with Crippen molar-refractivity contribution < 1.29 is 0 Å². The van der Waals surface area contributed by atoms with Gasteiger partial charge in [0, 0.05) is 28.3 Å². The predicted molar refractivity (Wildman–Crippen MR) is 72.2 cm³/mol.